The fourth-order valence-corrected chi connectivity index (χ4v) is 2.99. The van der Waals surface area contributed by atoms with Crippen LogP contribution in [0.15, 0.2) is 18.3 Å². The molecule has 6 heteroatoms. The van der Waals surface area contributed by atoms with Crippen LogP contribution in [-0.2, 0) is 19.3 Å². The molecule has 0 amide bonds. The van der Waals surface area contributed by atoms with Crippen molar-refractivity contribution < 1.29 is 0 Å². The Morgan fingerprint density at radius 3 is 2.96 bits per heavy atom. The Bertz CT molecular complexity index is 828. The van der Waals surface area contributed by atoms with Gasteiger partial charge in [0.15, 0.2) is 11.5 Å². The molecule has 0 atom stereocenters. The molecule has 0 aromatic carbocycles. The Balaban J connectivity index is 1.55. The maximum atomic E-state index is 4.73. The van der Waals surface area contributed by atoms with Gasteiger partial charge in [-0.3, -0.25) is 4.98 Å². The van der Waals surface area contributed by atoms with Crippen molar-refractivity contribution in [3.63, 3.8) is 0 Å². The van der Waals surface area contributed by atoms with E-state index < -0.39 is 0 Å². The van der Waals surface area contributed by atoms with Crippen molar-refractivity contribution in [3.05, 3.63) is 46.8 Å². The minimum absolute atomic E-state index is 0.784. The molecule has 0 unspecified atom stereocenters. The van der Waals surface area contributed by atoms with Crippen molar-refractivity contribution >= 4 is 11.5 Å². The molecule has 1 N–H and O–H groups in total. The first kappa shape index (κ1) is 14.1. The maximum absolute atomic E-state index is 4.73. The Hall–Kier alpha value is -2.50. The standard InChI is InChI=1S/C17H20N6/c1-11-10-19-12(2)17-21-15(22-23(11)17)8-7-14-6-5-13-4-3-9-18-16(13)20-14/h5-6,10H,3-4,7-9H2,1-2H3,(H,18,20). The van der Waals surface area contributed by atoms with Crippen molar-refractivity contribution in [2.75, 3.05) is 11.9 Å². The third-order valence-electron chi connectivity index (χ3n) is 4.31. The summed E-state index contributed by atoms with van der Waals surface area (Å²) < 4.78 is 1.87. The fourth-order valence-electron chi connectivity index (χ4n) is 2.99. The van der Waals surface area contributed by atoms with E-state index in [0.717, 1.165) is 60.2 Å². The maximum Gasteiger partial charge on any atom is 0.177 e. The molecule has 0 saturated carbocycles. The van der Waals surface area contributed by atoms with Crippen molar-refractivity contribution in [2.24, 2.45) is 0 Å². The van der Waals surface area contributed by atoms with Gasteiger partial charge in [-0.05, 0) is 44.7 Å². The smallest absolute Gasteiger partial charge is 0.177 e. The molecule has 0 spiro atoms. The van der Waals surface area contributed by atoms with Gasteiger partial charge < -0.3 is 5.32 Å². The number of aromatic nitrogens is 5. The van der Waals surface area contributed by atoms with Gasteiger partial charge in [0, 0.05) is 24.9 Å². The topological polar surface area (TPSA) is 68.0 Å². The second kappa shape index (κ2) is 5.61. The number of nitrogens with zero attached hydrogens (tertiary/aromatic N) is 5. The van der Waals surface area contributed by atoms with Crippen LogP contribution in [0.5, 0.6) is 0 Å². The highest BCUT2D eigenvalue weighted by Crippen LogP contribution is 2.20. The number of pyridine rings is 1. The van der Waals surface area contributed by atoms with Crippen molar-refractivity contribution in [1.82, 2.24) is 24.6 Å². The lowest BCUT2D eigenvalue weighted by Crippen LogP contribution is -2.14. The highest BCUT2D eigenvalue weighted by molar-refractivity contribution is 5.47. The van der Waals surface area contributed by atoms with Gasteiger partial charge in [0.05, 0.1) is 11.4 Å². The highest BCUT2D eigenvalue weighted by Gasteiger charge is 2.12. The number of anilines is 1. The molecule has 1 aliphatic heterocycles. The van der Waals surface area contributed by atoms with Crippen LogP contribution in [-0.4, -0.2) is 31.1 Å². The van der Waals surface area contributed by atoms with E-state index in [1.54, 1.807) is 0 Å². The molecule has 4 rings (SSSR count). The Labute approximate surface area is 135 Å². The Morgan fingerprint density at radius 1 is 1.17 bits per heavy atom. The van der Waals surface area contributed by atoms with Crippen LogP contribution in [0.25, 0.3) is 5.65 Å². The van der Waals surface area contributed by atoms with E-state index in [1.165, 1.54) is 12.0 Å². The van der Waals surface area contributed by atoms with Gasteiger partial charge in [-0.2, -0.15) is 5.10 Å². The van der Waals surface area contributed by atoms with E-state index in [-0.39, 0.29) is 0 Å². The van der Waals surface area contributed by atoms with E-state index in [9.17, 15) is 0 Å². The second-order valence-electron chi connectivity index (χ2n) is 6.09. The lowest BCUT2D eigenvalue weighted by Gasteiger charge is -2.17. The summed E-state index contributed by atoms with van der Waals surface area (Å²) in [6, 6.07) is 4.32. The molecule has 4 heterocycles. The average molecular weight is 308 g/mol. The molecule has 1 aliphatic rings. The number of hydrogen-bond donors (Lipinski definition) is 1. The minimum Gasteiger partial charge on any atom is -0.370 e. The molecule has 3 aromatic rings. The SMILES string of the molecule is Cc1ncc(C)n2nc(CCc3ccc4c(n3)NCCC4)nc12. The summed E-state index contributed by atoms with van der Waals surface area (Å²) in [7, 11) is 0. The predicted octanol–water partition coefficient (Wildman–Crippen LogP) is 2.28. The number of rotatable bonds is 3. The molecule has 118 valence electrons. The van der Waals surface area contributed by atoms with Gasteiger partial charge in [0.25, 0.3) is 0 Å². The van der Waals surface area contributed by atoms with Crippen LogP contribution in [0, 0.1) is 13.8 Å². The number of hydrogen-bond acceptors (Lipinski definition) is 5. The van der Waals surface area contributed by atoms with Gasteiger partial charge in [0.2, 0.25) is 0 Å². The van der Waals surface area contributed by atoms with Gasteiger partial charge in [-0.15, -0.1) is 0 Å². The number of nitrogens with one attached hydrogen (secondary N) is 1. The first-order valence-electron chi connectivity index (χ1n) is 8.11. The van der Waals surface area contributed by atoms with E-state index in [4.69, 9.17) is 4.98 Å². The van der Waals surface area contributed by atoms with E-state index in [1.807, 2.05) is 24.6 Å². The molecule has 6 nitrogen and oxygen atoms in total. The summed E-state index contributed by atoms with van der Waals surface area (Å²) in [5, 5.41) is 7.98. The number of aryl methyl sites for hydroxylation is 5. The van der Waals surface area contributed by atoms with Crippen LogP contribution in [0.2, 0.25) is 0 Å². The normalized spacial score (nSPS) is 13.8. The first-order chi connectivity index (χ1) is 11.2. The predicted molar refractivity (Wildman–Crippen MR) is 88.7 cm³/mol. The molecule has 3 aromatic heterocycles. The van der Waals surface area contributed by atoms with Gasteiger partial charge >= 0.3 is 0 Å². The first-order valence-corrected chi connectivity index (χ1v) is 8.11. The third-order valence-corrected chi connectivity index (χ3v) is 4.31. The van der Waals surface area contributed by atoms with Crippen molar-refractivity contribution in [3.8, 4) is 0 Å². The summed E-state index contributed by atoms with van der Waals surface area (Å²) in [4.78, 5) is 13.7. The van der Waals surface area contributed by atoms with E-state index in [0.29, 0.717) is 0 Å². The molecule has 0 aliphatic carbocycles. The van der Waals surface area contributed by atoms with Crippen LogP contribution in [0.1, 0.15) is 34.9 Å². The summed E-state index contributed by atoms with van der Waals surface area (Å²) in [5.74, 6) is 1.89. The van der Waals surface area contributed by atoms with Crippen molar-refractivity contribution in [1.29, 1.82) is 0 Å². The summed E-state index contributed by atoms with van der Waals surface area (Å²) in [6.07, 6.45) is 5.77. The Morgan fingerprint density at radius 2 is 2.09 bits per heavy atom. The molecule has 0 saturated heterocycles. The zero-order chi connectivity index (χ0) is 15.8. The van der Waals surface area contributed by atoms with Crippen LogP contribution < -0.4 is 5.32 Å². The van der Waals surface area contributed by atoms with Gasteiger partial charge in [0.1, 0.15) is 5.82 Å². The van der Waals surface area contributed by atoms with Gasteiger partial charge in [-0.1, -0.05) is 6.07 Å². The van der Waals surface area contributed by atoms with Crippen LogP contribution >= 0.6 is 0 Å². The summed E-state index contributed by atoms with van der Waals surface area (Å²) in [5.41, 5.74) is 5.16. The van der Waals surface area contributed by atoms with Crippen molar-refractivity contribution in [2.45, 2.75) is 39.5 Å². The lowest BCUT2D eigenvalue weighted by molar-refractivity contribution is 0.788. The summed E-state index contributed by atoms with van der Waals surface area (Å²) in [6.45, 7) is 4.97. The second-order valence-corrected chi connectivity index (χ2v) is 6.09. The van der Waals surface area contributed by atoms with Crippen LogP contribution in [0.4, 0.5) is 5.82 Å². The minimum atomic E-state index is 0.784. The summed E-state index contributed by atoms with van der Waals surface area (Å²) >= 11 is 0. The molecular formula is C17H20N6. The molecule has 0 bridgehead atoms. The average Bonchev–Trinajstić information content (AvgIpc) is 3.02. The zero-order valence-electron chi connectivity index (χ0n) is 13.5. The highest BCUT2D eigenvalue weighted by atomic mass is 15.3. The van der Waals surface area contributed by atoms with Gasteiger partial charge in [-0.25, -0.2) is 14.5 Å². The monoisotopic (exact) mass is 308 g/mol. The van der Waals surface area contributed by atoms with Crippen LogP contribution in [0.3, 0.4) is 0 Å². The third kappa shape index (κ3) is 2.65. The number of fused-ring (bicyclic) bond motifs is 2. The largest absolute Gasteiger partial charge is 0.370 e. The quantitative estimate of drug-likeness (QED) is 0.804. The van der Waals surface area contributed by atoms with E-state index >= 15 is 0 Å². The van der Waals surface area contributed by atoms with E-state index in [2.05, 4.69) is 32.5 Å². The Kier molecular flexibility index (Phi) is 3.44. The fraction of sp³-hybridized carbons (Fsp3) is 0.412. The molecular weight excluding hydrogens is 288 g/mol. The lowest BCUT2D eigenvalue weighted by atomic mass is 10.1. The molecule has 23 heavy (non-hydrogen) atoms. The zero-order valence-corrected chi connectivity index (χ0v) is 13.5. The molecule has 0 fully saturated rings. The molecule has 0 radical (unpaired) electrons.